The minimum atomic E-state index is 0.469. The fourth-order valence-electron chi connectivity index (χ4n) is 0.900. The summed E-state index contributed by atoms with van der Waals surface area (Å²) in [5.74, 6) is 0. The molecule has 1 unspecified atom stereocenters. The molecule has 0 radical (unpaired) electrons. The van der Waals surface area contributed by atoms with Crippen LogP contribution in [0, 0.1) is 0 Å². The van der Waals surface area contributed by atoms with Crippen molar-refractivity contribution in [1.29, 1.82) is 0 Å². The molecule has 12 heavy (non-hydrogen) atoms. The maximum atomic E-state index is 4.44. The first-order valence-electron chi connectivity index (χ1n) is 4.92. The van der Waals surface area contributed by atoms with Crippen molar-refractivity contribution in [1.82, 2.24) is 0 Å². The lowest BCUT2D eigenvalue weighted by molar-refractivity contribution is 0.719. The Kier molecular flexibility index (Phi) is 6.73. The molecule has 0 saturated carbocycles. The fraction of sp³-hybridized carbons (Fsp3) is 0.727. The minimum absolute atomic E-state index is 0.469. The average molecular weight is 167 g/mol. The number of aliphatic imine (C=N–C) groups is 1. The summed E-state index contributed by atoms with van der Waals surface area (Å²) in [6, 6.07) is 0.469. The van der Waals surface area contributed by atoms with Gasteiger partial charge in [0.2, 0.25) is 0 Å². The molecule has 0 bridgehead atoms. The molecule has 1 nitrogen and oxygen atoms in total. The van der Waals surface area contributed by atoms with Crippen molar-refractivity contribution in [2.75, 3.05) is 0 Å². The van der Waals surface area contributed by atoms with Crippen LogP contribution in [0.2, 0.25) is 0 Å². The Morgan fingerprint density at radius 2 is 2.08 bits per heavy atom. The van der Waals surface area contributed by atoms with Gasteiger partial charge in [0.25, 0.3) is 0 Å². The molecule has 1 atom stereocenters. The van der Waals surface area contributed by atoms with Gasteiger partial charge in [-0.05, 0) is 32.3 Å². The predicted molar refractivity (Wildman–Crippen MR) is 56.9 cm³/mol. The van der Waals surface area contributed by atoms with Crippen molar-refractivity contribution in [3.63, 3.8) is 0 Å². The van der Waals surface area contributed by atoms with E-state index in [9.17, 15) is 0 Å². The molecule has 0 heterocycles. The fourth-order valence-corrected chi connectivity index (χ4v) is 0.900. The lowest BCUT2D eigenvalue weighted by Gasteiger charge is -2.01. The molecule has 0 aliphatic carbocycles. The number of hydrogen-bond donors (Lipinski definition) is 0. The molecule has 0 aromatic rings. The predicted octanol–water partition coefficient (Wildman–Crippen LogP) is 3.60. The third kappa shape index (κ3) is 5.11. The van der Waals surface area contributed by atoms with Gasteiger partial charge in [0.05, 0.1) is 0 Å². The number of nitrogens with zero attached hydrogens (tertiary/aromatic N) is 1. The molecule has 0 saturated heterocycles. The van der Waals surface area contributed by atoms with Gasteiger partial charge in [-0.2, -0.15) is 0 Å². The summed E-state index contributed by atoms with van der Waals surface area (Å²) in [5.41, 5.74) is 1.36. The zero-order chi connectivity index (χ0) is 9.40. The summed E-state index contributed by atoms with van der Waals surface area (Å²) >= 11 is 0. The van der Waals surface area contributed by atoms with Gasteiger partial charge < -0.3 is 0 Å². The molecule has 1 heteroatoms. The summed E-state index contributed by atoms with van der Waals surface area (Å²) in [6.07, 6.45) is 7.65. The van der Waals surface area contributed by atoms with E-state index in [0.717, 1.165) is 12.8 Å². The van der Waals surface area contributed by atoms with E-state index in [1.165, 1.54) is 12.0 Å². The molecular weight excluding hydrogens is 146 g/mol. The summed E-state index contributed by atoms with van der Waals surface area (Å²) in [6.45, 7) is 8.58. The Morgan fingerprint density at radius 3 is 2.50 bits per heavy atom. The summed E-state index contributed by atoms with van der Waals surface area (Å²) < 4.78 is 0. The second kappa shape index (κ2) is 7.08. The van der Waals surface area contributed by atoms with Crippen LogP contribution < -0.4 is 0 Å². The van der Waals surface area contributed by atoms with Crippen molar-refractivity contribution in [2.24, 2.45) is 4.99 Å². The highest BCUT2D eigenvalue weighted by Crippen LogP contribution is 2.03. The Bertz CT molecular complexity index is 156. The Hall–Kier alpha value is -0.590. The van der Waals surface area contributed by atoms with Crippen molar-refractivity contribution < 1.29 is 0 Å². The van der Waals surface area contributed by atoms with Crippen LogP contribution >= 0.6 is 0 Å². The molecule has 0 aromatic heterocycles. The average Bonchev–Trinajstić information content (AvgIpc) is 2.11. The summed E-state index contributed by atoms with van der Waals surface area (Å²) in [7, 11) is 0. The maximum Gasteiger partial charge on any atom is 0.0468 e. The zero-order valence-electron chi connectivity index (χ0n) is 8.80. The Morgan fingerprint density at radius 1 is 1.42 bits per heavy atom. The number of hydrogen-bond acceptors (Lipinski definition) is 1. The standard InChI is InChI=1S/C11H21N/c1-5-8-11(7-3)9-12-10(4)6-2/h7,9-10H,5-6,8H2,1-4H3/b11-7-,12-9?. The van der Waals surface area contributed by atoms with E-state index in [1.807, 2.05) is 6.21 Å². The van der Waals surface area contributed by atoms with Crippen LogP contribution in [0.15, 0.2) is 16.6 Å². The minimum Gasteiger partial charge on any atom is -0.290 e. The van der Waals surface area contributed by atoms with E-state index in [4.69, 9.17) is 0 Å². The molecule has 0 fully saturated rings. The Balaban J connectivity index is 3.93. The second-order valence-electron chi connectivity index (χ2n) is 3.15. The lowest BCUT2D eigenvalue weighted by atomic mass is 10.1. The number of allylic oxidation sites excluding steroid dienone is 2. The van der Waals surface area contributed by atoms with Crippen LogP contribution in [-0.2, 0) is 0 Å². The monoisotopic (exact) mass is 167 g/mol. The molecular formula is C11H21N. The van der Waals surface area contributed by atoms with Crippen LogP contribution in [-0.4, -0.2) is 12.3 Å². The molecule has 0 amide bonds. The molecule has 0 aliphatic rings. The van der Waals surface area contributed by atoms with Crippen molar-refractivity contribution in [3.8, 4) is 0 Å². The van der Waals surface area contributed by atoms with Crippen LogP contribution in [0.5, 0.6) is 0 Å². The normalized spacial score (nSPS) is 15.5. The summed E-state index contributed by atoms with van der Waals surface area (Å²) in [4.78, 5) is 4.44. The molecule has 0 spiro atoms. The molecule has 0 aliphatic heterocycles. The highest BCUT2D eigenvalue weighted by molar-refractivity contribution is 5.78. The van der Waals surface area contributed by atoms with E-state index in [2.05, 4.69) is 38.8 Å². The largest absolute Gasteiger partial charge is 0.290 e. The first kappa shape index (κ1) is 11.4. The van der Waals surface area contributed by atoms with Gasteiger partial charge in [-0.3, -0.25) is 4.99 Å². The van der Waals surface area contributed by atoms with Crippen LogP contribution in [0.4, 0.5) is 0 Å². The first-order valence-corrected chi connectivity index (χ1v) is 4.92. The molecule has 0 rings (SSSR count). The van der Waals surface area contributed by atoms with Crippen LogP contribution in [0.3, 0.4) is 0 Å². The van der Waals surface area contributed by atoms with Gasteiger partial charge in [-0.1, -0.05) is 26.3 Å². The first-order chi connectivity index (χ1) is 5.74. The van der Waals surface area contributed by atoms with Gasteiger partial charge in [-0.15, -0.1) is 0 Å². The highest BCUT2D eigenvalue weighted by atomic mass is 14.7. The van der Waals surface area contributed by atoms with Crippen molar-refractivity contribution in [3.05, 3.63) is 11.6 Å². The van der Waals surface area contributed by atoms with Gasteiger partial charge in [0.1, 0.15) is 0 Å². The second-order valence-corrected chi connectivity index (χ2v) is 3.15. The Labute approximate surface area is 76.6 Å². The van der Waals surface area contributed by atoms with Crippen molar-refractivity contribution >= 4 is 6.21 Å². The molecule has 0 aromatic carbocycles. The van der Waals surface area contributed by atoms with E-state index in [1.54, 1.807) is 0 Å². The highest BCUT2D eigenvalue weighted by Gasteiger charge is 1.93. The lowest BCUT2D eigenvalue weighted by Crippen LogP contribution is -1.96. The zero-order valence-corrected chi connectivity index (χ0v) is 8.80. The van der Waals surface area contributed by atoms with Gasteiger partial charge in [0, 0.05) is 12.3 Å². The maximum absolute atomic E-state index is 4.44. The molecule has 0 N–H and O–H groups in total. The topological polar surface area (TPSA) is 12.4 Å². The van der Waals surface area contributed by atoms with Gasteiger partial charge in [-0.25, -0.2) is 0 Å². The number of rotatable bonds is 5. The van der Waals surface area contributed by atoms with Crippen LogP contribution in [0.1, 0.15) is 47.0 Å². The summed E-state index contributed by atoms with van der Waals surface area (Å²) in [5, 5.41) is 0. The van der Waals surface area contributed by atoms with Gasteiger partial charge >= 0.3 is 0 Å². The van der Waals surface area contributed by atoms with Gasteiger partial charge in [0.15, 0.2) is 0 Å². The SMILES string of the molecule is C/C=C(\C=NC(C)CC)CCC. The van der Waals surface area contributed by atoms with Crippen molar-refractivity contribution in [2.45, 2.75) is 53.0 Å². The van der Waals surface area contributed by atoms with E-state index in [-0.39, 0.29) is 0 Å². The molecule has 70 valence electrons. The van der Waals surface area contributed by atoms with E-state index >= 15 is 0 Å². The van der Waals surface area contributed by atoms with E-state index < -0.39 is 0 Å². The smallest absolute Gasteiger partial charge is 0.0468 e. The van der Waals surface area contributed by atoms with E-state index in [0.29, 0.717) is 6.04 Å². The van der Waals surface area contributed by atoms with Crippen LogP contribution in [0.25, 0.3) is 0 Å². The quantitative estimate of drug-likeness (QED) is 0.555. The third-order valence-electron chi connectivity index (χ3n) is 2.00. The third-order valence-corrected chi connectivity index (χ3v) is 2.00.